The van der Waals surface area contributed by atoms with Crippen molar-refractivity contribution < 1.29 is 31.4 Å². The van der Waals surface area contributed by atoms with E-state index in [0.717, 1.165) is 0 Å². The largest absolute Gasteiger partial charge is 0.392 e. The number of aromatic nitrogens is 1. The van der Waals surface area contributed by atoms with Gasteiger partial charge in [0.2, 0.25) is 5.82 Å². The van der Waals surface area contributed by atoms with Crippen LogP contribution in [0.25, 0.3) is 11.3 Å². The van der Waals surface area contributed by atoms with Gasteiger partial charge in [-0.2, -0.15) is 0 Å². The van der Waals surface area contributed by atoms with Gasteiger partial charge in [0.05, 0.1) is 24.1 Å². The van der Waals surface area contributed by atoms with E-state index in [2.05, 4.69) is 4.98 Å². The van der Waals surface area contributed by atoms with E-state index >= 15 is 0 Å². The number of aliphatic hydroxyl groups excluding tert-OH is 1. The number of halogens is 6. The lowest BCUT2D eigenvalue weighted by Crippen LogP contribution is -2.07. The molecule has 1 aromatic heterocycles. The van der Waals surface area contributed by atoms with E-state index in [4.69, 9.17) is 5.11 Å². The second-order valence-corrected chi connectivity index (χ2v) is 3.76. The molecule has 0 radical (unpaired) electrons. The zero-order valence-corrected chi connectivity index (χ0v) is 9.52. The van der Waals surface area contributed by atoms with Crippen molar-refractivity contribution in [2.24, 2.45) is 0 Å². The molecular weight excluding hydrogens is 288 g/mol. The Morgan fingerprint density at radius 1 is 0.850 bits per heavy atom. The molecule has 0 aliphatic heterocycles. The Bertz CT molecular complexity index is 659. The summed E-state index contributed by atoms with van der Waals surface area (Å²) in [7, 11) is 0. The quantitative estimate of drug-likeness (QED) is 0.524. The summed E-state index contributed by atoms with van der Waals surface area (Å²) in [6.07, 6.45) is 0.534. The highest BCUT2D eigenvalue weighted by molar-refractivity contribution is 5.64. The average molecular weight is 293 g/mol. The third-order valence-corrected chi connectivity index (χ3v) is 2.55. The molecule has 1 heterocycles. The van der Waals surface area contributed by atoms with E-state index in [1.165, 1.54) is 0 Å². The zero-order chi connectivity index (χ0) is 15.0. The number of pyridine rings is 1. The van der Waals surface area contributed by atoms with Crippen molar-refractivity contribution in [3.05, 3.63) is 52.7 Å². The maximum Gasteiger partial charge on any atom is 0.200 e. The van der Waals surface area contributed by atoms with Gasteiger partial charge in [0.1, 0.15) is 5.82 Å². The topological polar surface area (TPSA) is 33.1 Å². The molecule has 8 heteroatoms. The van der Waals surface area contributed by atoms with Crippen LogP contribution in [0.2, 0.25) is 0 Å². The third-order valence-electron chi connectivity index (χ3n) is 2.55. The first-order valence-corrected chi connectivity index (χ1v) is 5.15. The maximum atomic E-state index is 13.6. The van der Waals surface area contributed by atoms with Gasteiger partial charge < -0.3 is 5.11 Å². The molecule has 2 nitrogen and oxygen atoms in total. The Labute approximate surface area is 108 Å². The van der Waals surface area contributed by atoms with Gasteiger partial charge in [0, 0.05) is 5.56 Å². The Hall–Kier alpha value is -2.09. The van der Waals surface area contributed by atoms with Gasteiger partial charge in [0.25, 0.3) is 0 Å². The predicted octanol–water partition coefficient (Wildman–Crippen LogP) is 3.08. The van der Waals surface area contributed by atoms with Gasteiger partial charge in [-0.05, 0) is 6.07 Å². The summed E-state index contributed by atoms with van der Waals surface area (Å²) in [4.78, 5) is 3.28. The second-order valence-electron chi connectivity index (χ2n) is 3.76. The molecule has 0 aliphatic carbocycles. The summed E-state index contributed by atoms with van der Waals surface area (Å²) in [5, 5.41) is 8.97. The van der Waals surface area contributed by atoms with E-state index in [1.807, 2.05) is 0 Å². The molecule has 0 saturated carbocycles. The fourth-order valence-electron chi connectivity index (χ4n) is 1.64. The normalized spacial score (nSPS) is 10.9. The summed E-state index contributed by atoms with van der Waals surface area (Å²) >= 11 is 0. The first kappa shape index (κ1) is 14.3. The van der Waals surface area contributed by atoms with Gasteiger partial charge in [0.15, 0.2) is 23.3 Å². The van der Waals surface area contributed by atoms with Crippen molar-refractivity contribution in [1.29, 1.82) is 0 Å². The lowest BCUT2D eigenvalue weighted by Gasteiger charge is -2.10. The van der Waals surface area contributed by atoms with Gasteiger partial charge >= 0.3 is 0 Å². The van der Waals surface area contributed by atoms with E-state index in [-0.39, 0.29) is 0 Å². The molecule has 20 heavy (non-hydrogen) atoms. The molecule has 0 fully saturated rings. The number of hydrogen-bond acceptors (Lipinski definition) is 2. The van der Waals surface area contributed by atoms with Crippen molar-refractivity contribution in [3.63, 3.8) is 0 Å². The van der Waals surface area contributed by atoms with Crippen LogP contribution in [0.15, 0.2) is 12.3 Å². The molecule has 0 amide bonds. The van der Waals surface area contributed by atoms with Crippen molar-refractivity contribution in [1.82, 2.24) is 4.98 Å². The summed E-state index contributed by atoms with van der Waals surface area (Å²) in [5.41, 5.74) is -2.44. The minimum absolute atomic E-state index is 0.409. The molecule has 0 atom stereocenters. The van der Waals surface area contributed by atoms with Crippen LogP contribution in [0.1, 0.15) is 5.56 Å². The molecule has 0 spiro atoms. The summed E-state index contributed by atoms with van der Waals surface area (Å²) in [6.45, 7) is -0.889. The van der Waals surface area contributed by atoms with Crippen LogP contribution in [0.3, 0.4) is 0 Å². The number of rotatable bonds is 2. The molecule has 1 N–H and O–H groups in total. The Morgan fingerprint density at radius 2 is 1.35 bits per heavy atom. The highest BCUT2D eigenvalue weighted by atomic mass is 19.2. The minimum Gasteiger partial charge on any atom is -0.392 e. The number of aliphatic hydroxyl groups is 1. The first-order valence-electron chi connectivity index (χ1n) is 5.15. The Morgan fingerprint density at radius 3 is 1.85 bits per heavy atom. The lowest BCUT2D eigenvalue weighted by atomic mass is 10.0. The van der Waals surface area contributed by atoms with Crippen molar-refractivity contribution in [2.45, 2.75) is 6.61 Å². The fraction of sp³-hybridized carbons (Fsp3) is 0.0833. The van der Waals surface area contributed by atoms with E-state index in [0.29, 0.717) is 12.3 Å². The third kappa shape index (κ3) is 2.11. The number of nitrogens with zero attached hydrogens (tertiary/aromatic N) is 1. The van der Waals surface area contributed by atoms with Crippen LogP contribution < -0.4 is 0 Å². The standard InChI is InChI=1S/C12H5F6NO/c13-5-1-4(3-20)12(19-2-5)6-7(14)9(16)11(18)10(17)8(6)15/h1-2,20H,3H2. The monoisotopic (exact) mass is 293 g/mol. The number of benzene rings is 1. The Balaban J connectivity index is 2.83. The van der Waals surface area contributed by atoms with Crippen LogP contribution in [0.4, 0.5) is 26.3 Å². The Kier molecular flexibility index (Phi) is 3.67. The molecule has 2 aromatic rings. The highest BCUT2D eigenvalue weighted by Gasteiger charge is 2.28. The van der Waals surface area contributed by atoms with Crippen molar-refractivity contribution in [2.75, 3.05) is 0 Å². The first-order chi connectivity index (χ1) is 9.38. The lowest BCUT2D eigenvalue weighted by molar-refractivity contribution is 0.281. The summed E-state index contributed by atoms with van der Waals surface area (Å²) in [5.74, 6) is -11.7. The SMILES string of the molecule is OCc1cc(F)cnc1-c1c(F)c(F)c(F)c(F)c1F. The molecule has 0 unspecified atom stereocenters. The fourth-order valence-corrected chi connectivity index (χ4v) is 1.64. The van der Waals surface area contributed by atoms with Gasteiger partial charge in [-0.25, -0.2) is 26.3 Å². The van der Waals surface area contributed by atoms with Gasteiger partial charge in [-0.3, -0.25) is 4.98 Å². The van der Waals surface area contributed by atoms with E-state index in [9.17, 15) is 26.3 Å². The van der Waals surface area contributed by atoms with Gasteiger partial charge in [-0.1, -0.05) is 0 Å². The smallest absolute Gasteiger partial charge is 0.200 e. The highest BCUT2D eigenvalue weighted by Crippen LogP contribution is 2.32. The molecule has 106 valence electrons. The summed E-state index contributed by atoms with van der Waals surface area (Å²) < 4.78 is 79.1. The maximum absolute atomic E-state index is 13.6. The molecule has 0 aliphatic rings. The zero-order valence-electron chi connectivity index (χ0n) is 9.52. The van der Waals surface area contributed by atoms with Crippen LogP contribution in [0.5, 0.6) is 0 Å². The molecule has 2 rings (SSSR count). The van der Waals surface area contributed by atoms with Crippen LogP contribution in [0, 0.1) is 34.9 Å². The van der Waals surface area contributed by atoms with Crippen LogP contribution >= 0.6 is 0 Å². The molecular formula is C12H5F6NO. The second kappa shape index (κ2) is 5.12. The molecule has 1 aromatic carbocycles. The summed E-state index contributed by atoms with van der Waals surface area (Å²) in [6, 6.07) is 0.681. The van der Waals surface area contributed by atoms with Crippen LogP contribution in [-0.2, 0) is 6.61 Å². The van der Waals surface area contributed by atoms with Gasteiger partial charge in [-0.15, -0.1) is 0 Å². The average Bonchev–Trinajstić information content (AvgIpc) is 2.44. The van der Waals surface area contributed by atoms with Crippen molar-refractivity contribution in [3.8, 4) is 11.3 Å². The van der Waals surface area contributed by atoms with Crippen LogP contribution in [-0.4, -0.2) is 10.1 Å². The van der Waals surface area contributed by atoms with E-state index < -0.39 is 58.3 Å². The molecule has 0 saturated heterocycles. The minimum atomic E-state index is -2.31. The van der Waals surface area contributed by atoms with E-state index in [1.54, 1.807) is 0 Å². The number of hydrogen-bond donors (Lipinski definition) is 1. The van der Waals surface area contributed by atoms with Crippen molar-refractivity contribution >= 4 is 0 Å². The predicted molar refractivity (Wildman–Crippen MR) is 55.3 cm³/mol. The molecule has 0 bridgehead atoms.